The lowest BCUT2D eigenvalue weighted by molar-refractivity contribution is -0.128. The number of piperidine rings is 1. The zero-order valence-corrected chi connectivity index (χ0v) is 17.6. The highest BCUT2D eigenvalue weighted by Crippen LogP contribution is 2.17. The average Bonchev–Trinajstić information content (AvgIpc) is 2.71. The first kappa shape index (κ1) is 21.3. The van der Waals surface area contributed by atoms with Crippen molar-refractivity contribution in [3.05, 3.63) is 64.7 Å². The van der Waals surface area contributed by atoms with Crippen LogP contribution < -0.4 is 10.1 Å². The second kappa shape index (κ2) is 9.90. The lowest BCUT2D eigenvalue weighted by Gasteiger charge is -2.32. The Kier molecular flexibility index (Phi) is 7.29. The van der Waals surface area contributed by atoms with E-state index in [1.165, 1.54) is 12.5 Å². The molecule has 1 aliphatic rings. The van der Waals surface area contributed by atoms with Gasteiger partial charge in [0.15, 0.2) is 11.9 Å². The van der Waals surface area contributed by atoms with E-state index >= 15 is 0 Å². The molecule has 1 unspecified atom stereocenters. The molecule has 1 fully saturated rings. The van der Waals surface area contributed by atoms with Gasteiger partial charge in [-0.1, -0.05) is 23.7 Å². The van der Waals surface area contributed by atoms with Crippen LogP contribution in [0.25, 0.3) is 0 Å². The first-order valence-electron chi connectivity index (χ1n) is 9.95. The number of Topliss-reactive ketones (excluding diaryl/α,β-unsaturated/α-hetero) is 1. The standard InChI is InChI=1S/C23H27ClN2O3/c1-16(27)19-5-9-22(10-6-19)29-17(2)23(28)25-21-11-13-26(14-12-21)15-18-3-7-20(24)8-4-18/h3-10,17,21H,11-15H2,1-2H3,(H,25,28). The van der Waals surface area contributed by atoms with Crippen LogP contribution in [-0.4, -0.2) is 41.8 Å². The number of nitrogens with one attached hydrogen (secondary N) is 1. The predicted octanol–water partition coefficient (Wildman–Crippen LogP) is 4.09. The van der Waals surface area contributed by atoms with Crippen LogP contribution >= 0.6 is 11.6 Å². The van der Waals surface area contributed by atoms with Crippen molar-refractivity contribution in [1.82, 2.24) is 10.2 Å². The van der Waals surface area contributed by atoms with Crippen LogP contribution in [0.5, 0.6) is 5.75 Å². The van der Waals surface area contributed by atoms with Gasteiger partial charge in [-0.05, 0) is 68.7 Å². The van der Waals surface area contributed by atoms with Crippen LogP contribution in [0, 0.1) is 0 Å². The summed E-state index contributed by atoms with van der Waals surface area (Å²) in [6.45, 7) is 6.04. The summed E-state index contributed by atoms with van der Waals surface area (Å²) in [6, 6.07) is 15.0. The van der Waals surface area contributed by atoms with Gasteiger partial charge in [-0.3, -0.25) is 14.5 Å². The Labute approximate surface area is 177 Å². The largest absolute Gasteiger partial charge is 0.481 e. The Morgan fingerprint density at radius 2 is 1.72 bits per heavy atom. The van der Waals surface area contributed by atoms with Gasteiger partial charge in [0.25, 0.3) is 5.91 Å². The van der Waals surface area contributed by atoms with Crippen LogP contribution in [0.15, 0.2) is 48.5 Å². The van der Waals surface area contributed by atoms with Gasteiger partial charge in [-0.25, -0.2) is 0 Å². The summed E-state index contributed by atoms with van der Waals surface area (Å²) in [5.74, 6) is 0.469. The molecular weight excluding hydrogens is 388 g/mol. The molecule has 154 valence electrons. The van der Waals surface area contributed by atoms with E-state index in [4.69, 9.17) is 16.3 Å². The zero-order valence-electron chi connectivity index (χ0n) is 16.9. The Morgan fingerprint density at radius 1 is 1.10 bits per heavy atom. The summed E-state index contributed by atoms with van der Waals surface area (Å²) in [5, 5.41) is 3.85. The molecule has 1 saturated heterocycles. The second-order valence-corrected chi connectivity index (χ2v) is 7.96. The van der Waals surface area contributed by atoms with Crippen molar-refractivity contribution in [3.63, 3.8) is 0 Å². The number of hydrogen-bond donors (Lipinski definition) is 1. The van der Waals surface area contributed by atoms with Crippen molar-refractivity contribution in [3.8, 4) is 5.75 Å². The summed E-state index contributed by atoms with van der Waals surface area (Å²) in [7, 11) is 0. The summed E-state index contributed by atoms with van der Waals surface area (Å²) >= 11 is 5.94. The number of carbonyl (C=O) groups excluding carboxylic acids is 2. The molecule has 1 amide bonds. The van der Waals surface area contributed by atoms with Crippen LogP contribution in [-0.2, 0) is 11.3 Å². The number of amides is 1. The molecule has 6 heteroatoms. The van der Waals surface area contributed by atoms with Gasteiger partial charge in [0.2, 0.25) is 0 Å². The van der Waals surface area contributed by atoms with Crippen molar-refractivity contribution >= 4 is 23.3 Å². The molecular formula is C23H27ClN2O3. The monoisotopic (exact) mass is 414 g/mol. The highest BCUT2D eigenvalue weighted by atomic mass is 35.5. The smallest absolute Gasteiger partial charge is 0.260 e. The Bertz CT molecular complexity index is 828. The number of rotatable bonds is 7. The number of carbonyl (C=O) groups is 2. The fourth-order valence-corrected chi connectivity index (χ4v) is 3.55. The van der Waals surface area contributed by atoms with E-state index in [0.29, 0.717) is 11.3 Å². The van der Waals surface area contributed by atoms with Gasteiger partial charge < -0.3 is 10.1 Å². The molecule has 2 aromatic rings. The zero-order chi connectivity index (χ0) is 20.8. The van der Waals surface area contributed by atoms with Crippen molar-refractivity contribution in [2.24, 2.45) is 0 Å². The Morgan fingerprint density at radius 3 is 2.31 bits per heavy atom. The summed E-state index contributed by atoms with van der Waals surface area (Å²) in [4.78, 5) is 26.2. The normalized spacial score (nSPS) is 16.2. The predicted molar refractivity (Wildman–Crippen MR) is 114 cm³/mol. The molecule has 0 aliphatic carbocycles. The number of benzene rings is 2. The van der Waals surface area contributed by atoms with Crippen molar-refractivity contribution in [1.29, 1.82) is 0 Å². The number of nitrogens with zero attached hydrogens (tertiary/aromatic N) is 1. The third kappa shape index (κ3) is 6.31. The molecule has 5 nitrogen and oxygen atoms in total. The Hall–Kier alpha value is -2.37. The average molecular weight is 415 g/mol. The van der Waals surface area contributed by atoms with Gasteiger partial charge in [0.1, 0.15) is 5.75 Å². The molecule has 0 spiro atoms. The van der Waals surface area contributed by atoms with Crippen LogP contribution in [0.2, 0.25) is 5.02 Å². The molecule has 29 heavy (non-hydrogen) atoms. The molecule has 0 saturated carbocycles. The lowest BCUT2D eigenvalue weighted by Crippen LogP contribution is -2.47. The number of hydrogen-bond acceptors (Lipinski definition) is 4. The quantitative estimate of drug-likeness (QED) is 0.693. The molecule has 1 heterocycles. The number of likely N-dealkylation sites (tertiary alicyclic amines) is 1. The molecule has 0 radical (unpaired) electrons. The second-order valence-electron chi connectivity index (χ2n) is 7.53. The van der Waals surface area contributed by atoms with Crippen molar-refractivity contribution in [2.45, 2.75) is 45.4 Å². The summed E-state index contributed by atoms with van der Waals surface area (Å²) < 4.78 is 5.72. The van der Waals surface area contributed by atoms with Gasteiger partial charge in [0, 0.05) is 36.3 Å². The van der Waals surface area contributed by atoms with E-state index in [0.717, 1.165) is 37.5 Å². The molecule has 0 bridgehead atoms. The van der Waals surface area contributed by atoms with E-state index in [1.54, 1.807) is 31.2 Å². The minimum absolute atomic E-state index is 0.00439. The highest BCUT2D eigenvalue weighted by molar-refractivity contribution is 6.30. The maximum Gasteiger partial charge on any atom is 0.260 e. The third-order valence-electron chi connectivity index (χ3n) is 5.20. The van der Waals surface area contributed by atoms with E-state index in [1.807, 2.05) is 12.1 Å². The fourth-order valence-electron chi connectivity index (χ4n) is 3.43. The van der Waals surface area contributed by atoms with Crippen LogP contribution in [0.1, 0.15) is 42.6 Å². The van der Waals surface area contributed by atoms with Gasteiger partial charge in [-0.15, -0.1) is 0 Å². The first-order valence-corrected chi connectivity index (χ1v) is 10.3. The highest BCUT2D eigenvalue weighted by Gasteiger charge is 2.23. The van der Waals surface area contributed by atoms with E-state index in [2.05, 4.69) is 22.3 Å². The fraction of sp³-hybridized carbons (Fsp3) is 0.391. The molecule has 1 aliphatic heterocycles. The number of ketones is 1. The summed E-state index contributed by atoms with van der Waals surface area (Å²) in [6.07, 6.45) is 1.24. The summed E-state index contributed by atoms with van der Waals surface area (Å²) in [5.41, 5.74) is 1.87. The molecule has 3 rings (SSSR count). The molecule has 0 aromatic heterocycles. The number of ether oxygens (including phenoxy) is 1. The van der Waals surface area contributed by atoms with E-state index in [-0.39, 0.29) is 17.7 Å². The first-order chi connectivity index (χ1) is 13.9. The van der Waals surface area contributed by atoms with E-state index in [9.17, 15) is 9.59 Å². The molecule has 1 N–H and O–H groups in total. The van der Waals surface area contributed by atoms with Crippen LogP contribution in [0.4, 0.5) is 0 Å². The SMILES string of the molecule is CC(=O)c1ccc(OC(C)C(=O)NC2CCN(Cc3ccc(Cl)cc3)CC2)cc1. The Balaban J connectivity index is 1.42. The van der Waals surface area contributed by atoms with Gasteiger partial charge >= 0.3 is 0 Å². The minimum atomic E-state index is -0.592. The topological polar surface area (TPSA) is 58.6 Å². The number of halogens is 1. The maximum atomic E-state index is 12.5. The third-order valence-corrected chi connectivity index (χ3v) is 5.45. The minimum Gasteiger partial charge on any atom is -0.481 e. The van der Waals surface area contributed by atoms with Crippen LogP contribution in [0.3, 0.4) is 0 Å². The molecule has 2 aromatic carbocycles. The van der Waals surface area contributed by atoms with Gasteiger partial charge in [-0.2, -0.15) is 0 Å². The van der Waals surface area contributed by atoms with Gasteiger partial charge in [0.05, 0.1) is 0 Å². The maximum absolute atomic E-state index is 12.5. The molecule has 1 atom stereocenters. The van der Waals surface area contributed by atoms with Crippen molar-refractivity contribution < 1.29 is 14.3 Å². The lowest BCUT2D eigenvalue weighted by atomic mass is 10.0. The van der Waals surface area contributed by atoms with Crippen molar-refractivity contribution in [2.75, 3.05) is 13.1 Å². The van der Waals surface area contributed by atoms with E-state index < -0.39 is 6.10 Å².